The Hall–Kier alpha value is -1.95. The summed E-state index contributed by atoms with van der Waals surface area (Å²) in [4.78, 5) is 27.2. The van der Waals surface area contributed by atoms with Crippen molar-refractivity contribution < 1.29 is 19.1 Å². The molecule has 2 rings (SSSR count). The molecule has 1 aliphatic heterocycles. The number of rotatable bonds is 2. The third-order valence-corrected chi connectivity index (χ3v) is 3.64. The lowest BCUT2D eigenvalue weighted by atomic mass is 10.1. The maximum atomic E-state index is 13.2. The average molecular weight is 294 g/mol. The lowest BCUT2D eigenvalue weighted by molar-refractivity contribution is -0.140. The molecule has 0 aromatic heterocycles. The Morgan fingerprint density at radius 2 is 1.76 bits per heavy atom. The molecule has 6 heteroatoms. The summed E-state index contributed by atoms with van der Waals surface area (Å²) in [6.45, 7) is 4.67. The first kappa shape index (κ1) is 15.4. The number of aryl methyl sites for hydroxylation is 1. The molecule has 2 amide bonds. The van der Waals surface area contributed by atoms with E-state index >= 15 is 0 Å². The molecule has 1 unspecified atom stereocenters. The van der Waals surface area contributed by atoms with Crippen LogP contribution in [-0.4, -0.2) is 59.0 Å². The normalized spacial score (nSPS) is 16.8. The number of hydrogen-bond acceptors (Lipinski definition) is 3. The second-order valence-electron chi connectivity index (χ2n) is 5.26. The first-order valence-corrected chi connectivity index (χ1v) is 6.92. The van der Waals surface area contributed by atoms with E-state index in [1.54, 1.807) is 16.7 Å². The van der Waals surface area contributed by atoms with Crippen LogP contribution in [0, 0.1) is 12.7 Å². The molecular formula is C15H19FN2O3. The molecular weight excluding hydrogens is 275 g/mol. The van der Waals surface area contributed by atoms with Gasteiger partial charge in [-0.05, 0) is 37.6 Å². The number of aliphatic hydroxyl groups excluding tert-OH is 1. The fraction of sp³-hybridized carbons (Fsp3) is 0.467. The SMILES string of the molecule is Cc1cc(C(=O)N2CCN(C(=O)C(C)O)CC2)ccc1F. The maximum Gasteiger partial charge on any atom is 0.253 e. The molecule has 0 saturated carbocycles. The Balaban J connectivity index is 2.00. The van der Waals surface area contributed by atoms with E-state index in [0.717, 1.165) is 0 Å². The summed E-state index contributed by atoms with van der Waals surface area (Å²) in [5.41, 5.74) is 0.882. The predicted molar refractivity (Wildman–Crippen MR) is 75.3 cm³/mol. The third kappa shape index (κ3) is 3.39. The minimum atomic E-state index is -1.02. The summed E-state index contributed by atoms with van der Waals surface area (Å²) < 4.78 is 13.2. The maximum absolute atomic E-state index is 13.2. The summed E-state index contributed by atoms with van der Waals surface area (Å²) in [5, 5.41) is 9.28. The fourth-order valence-corrected chi connectivity index (χ4v) is 2.35. The van der Waals surface area contributed by atoms with Crippen LogP contribution in [0.25, 0.3) is 0 Å². The molecule has 1 aromatic rings. The third-order valence-electron chi connectivity index (χ3n) is 3.64. The van der Waals surface area contributed by atoms with Crippen LogP contribution < -0.4 is 0 Å². The van der Waals surface area contributed by atoms with Crippen molar-refractivity contribution in [2.24, 2.45) is 0 Å². The number of benzene rings is 1. The van der Waals surface area contributed by atoms with Gasteiger partial charge in [0.15, 0.2) is 0 Å². The van der Waals surface area contributed by atoms with Gasteiger partial charge in [0.05, 0.1) is 0 Å². The standard InChI is InChI=1S/C15H19FN2O3/c1-10-9-12(3-4-13(10)16)15(21)18-7-5-17(6-8-18)14(20)11(2)19/h3-4,9,11,19H,5-8H2,1-2H3. The second kappa shape index (κ2) is 6.22. The highest BCUT2D eigenvalue weighted by Gasteiger charge is 2.26. The summed E-state index contributed by atoms with van der Waals surface area (Å²) >= 11 is 0. The molecule has 0 radical (unpaired) electrons. The Kier molecular flexibility index (Phi) is 4.57. The lowest BCUT2D eigenvalue weighted by Gasteiger charge is -2.35. The molecule has 1 heterocycles. The summed E-state index contributed by atoms with van der Waals surface area (Å²) in [6.07, 6.45) is -1.02. The Morgan fingerprint density at radius 3 is 2.29 bits per heavy atom. The van der Waals surface area contributed by atoms with Crippen molar-refractivity contribution in [3.8, 4) is 0 Å². The van der Waals surface area contributed by atoms with E-state index in [1.165, 1.54) is 25.1 Å². The number of carbonyl (C=O) groups is 2. The smallest absolute Gasteiger partial charge is 0.253 e. The molecule has 5 nitrogen and oxygen atoms in total. The monoisotopic (exact) mass is 294 g/mol. The van der Waals surface area contributed by atoms with Gasteiger partial charge in [-0.15, -0.1) is 0 Å². The second-order valence-corrected chi connectivity index (χ2v) is 5.26. The zero-order valence-electron chi connectivity index (χ0n) is 12.2. The van der Waals surface area contributed by atoms with Crippen LogP contribution in [0.2, 0.25) is 0 Å². The first-order valence-electron chi connectivity index (χ1n) is 6.92. The van der Waals surface area contributed by atoms with Crippen LogP contribution in [0.5, 0.6) is 0 Å². The van der Waals surface area contributed by atoms with Gasteiger partial charge in [0.25, 0.3) is 11.8 Å². The molecule has 1 saturated heterocycles. The highest BCUT2D eigenvalue weighted by atomic mass is 19.1. The van der Waals surface area contributed by atoms with E-state index in [1.807, 2.05) is 0 Å². The molecule has 0 bridgehead atoms. The molecule has 1 fully saturated rings. The summed E-state index contributed by atoms with van der Waals surface area (Å²) in [7, 11) is 0. The van der Waals surface area contributed by atoms with E-state index in [0.29, 0.717) is 37.3 Å². The Morgan fingerprint density at radius 1 is 1.19 bits per heavy atom. The van der Waals surface area contributed by atoms with Crippen molar-refractivity contribution in [3.63, 3.8) is 0 Å². The molecule has 21 heavy (non-hydrogen) atoms. The van der Waals surface area contributed by atoms with Gasteiger partial charge in [-0.1, -0.05) is 0 Å². The molecule has 1 N–H and O–H groups in total. The van der Waals surface area contributed by atoms with E-state index in [-0.39, 0.29) is 17.6 Å². The molecule has 1 aromatic carbocycles. The van der Waals surface area contributed by atoms with Crippen LogP contribution in [0.1, 0.15) is 22.8 Å². The van der Waals surface area contributed by atoms with Crippen molar-refractivity contribution in [2.75, 3.05) is 26.2 Å². The molecule has 1 atom stereocenters. The van der Waals surface area contributed by atoms with Crippen LogP contribution in [0.4, 0.5) is 4.39 Å². The van der Waals surface area contributed by atoms with Crippen LogP contribution >= 0.6 is 0 Å². The quantitative estimate of drug-likeness (QED) is 0.877. The average Bonchev–Trinajstić information content (AvgIpc) is 2.48. The number of halogens is 1. The van der Waals surface area contributed by atoms with E-state index in [2.05, 4.69) is 0 Å². The predicted octanol–water partition coefficient (Wildman–Crippen LogP) is 0.799. The molecule has 0 spiro atoms. The van der Waals surface area contributed by atoms with Gasteiger partial charge in [0.2, 0.25) is 0 Å². The van der Waals surface area contributed by atoms with Gasteiger partial charge in [0, 0.05) is 31.7 Å². The number of amides is 2. The zero-order chi connectivity index (χ0) is 15.6. The van der Waals surface area contributed by atoms with Gasteiger partial charge >= 0.3 is 0 Å². The van der Waals surface area contributed by atoms with Gasteiger partial charge in [-0.3, -0.25) is 9.59 Å². The van der Waals surface area contributed by atoms with Gasteiger partial charge < -0.3 is 14.9 Å². The lowest BCUT2D eigenvalue weighted by Crippen LogP contribution is -2.52. The van der Waals surface area contributed by atoms with Crippen molar-refractivity contribution in [1.82, 2.24) is 9.80 Å². The largest absolute Gasteiger partial charge is 0.384 e. The van der Waals surface area contributed by atoms with Crippen LogP contribution in [0.3, 0.4) is 0 Å². The molecule has 114 valence electrons. The molecule has 0 aliphatic carbocycles. The molecule has 1 aliphatic rings. The van der Waals surface area contributed by atoms with Crippen molar-refractivity contribution >= 4 is 11.8 Å². The minimum Gasteiger partial charge on any atom is -0.384 e. The number of carbonyl (C=O) groups excluding carboxylic acids is 2. The van der Waals surface area contributed by atoms with Crippen molar-refractivity contribution in [3.05, 3.63) is 35.1 Å². The first-order chi connectivity index (χ1) is 9.90. The van der Waals surface area contributed by atoms with Crippen LogP contribution in [0.15, 0.2) is 18.2 Å². The van der Waals surface area contributed by atoms with Crippen LogP contribution in [-0.2, 0) is 4.79 Å². The van der Waals surface area contributed by atoms with Crippen molar-refractivity contribution in [1.29, 1.82) is 0 Å². The number of piperazine rings is 1. The van der Waals surface area contributed by atoms with Gasteiger partial charge in [-0.25, -0.2) is 4.39 Å². The fourth-order valence-electron chi connectivity index (χ4n) is 2.35. The van der Waals surface area contributed by atoms with E-state index in [9.17, 15) is 19.1 Å². The van der Waals surface area contributed by atoms with E-state index in [4.69, 9.17) is 0 Å². The zero-order valence-corrected chi connectivity index (χ0v) is 12.2. The number of aliphatic hydroxyl groups is 1. The Labute approximate surface area is 123 Å². The summed E-state index contributed by atoms with van der Waals surface area (Å²) in [6, 6.07) is 4.29. The summed E-state index contributed by atoms with van der Waals surface area (Å²) in [5.74, 6) is -0.819. The van der Waals surface area contributed by atoms with E-state index < -0.39 is 6.10 Å². The highest BCUT2D eigenvalue weighted by molar-refractivity contribution is 5.94. The number of nitrogens with zero attached hydrogens (tertiary/aromatic N) is 2. The minimum absolute atomic E-state index is 0.165. The number of hydrogen-bond donors (Lipinski definition) is 1. The van der Waals surface area contributed by atoms with Crippen molar-refractivity contribution in [2.45, 2.75) is 20.0 Å². The van der Waals surface area contributed by atoms with Gasteiger partial charge in [-0.2, -0.15) is 0 Å². The Bertz CT molecular complexity index is 552. The highest BCUT2D eigenvalue weighted by Crippen LogP contribution is 2.13. The topological polar surface area (TPSA) is 60.9 Å². The van der Waals surface area contributed by atoms with Gasteiger partial charge in [0.1, 0.15) is 11.9 Å².